The van der Waals surface area contributed by atoms with Gasteiger partial charge >= 0.3 is 0 Å². The predicted molar refractivity (Wildman–Crippen MR) is 59.9 cm³/mol. The van der Waals surface area contributed by atoms with E-state index >= 15 is 0 Å². The van der Waals surface area contributed by atoms with Gasteiger partial charge in [0.05, 0.1) is 16.5 Å². The first kappa shape index (κ1) is 10.4. The fraction of sp³-hybridized carbons (Fsp3) is 0.600. The van der Waals surface area contributed by atoms with Crippen LogP contribution in [0.25, 0.3) is 0 Å². The third kappa shape index (κ3) is 1.82. The summed E-state index contributed by atoms with van der Waals surface area (Å²) in [5.41, 5.74) is -0.226. The quantitative estimate of drug-likeness (QED) is 0.819. The molecule has 0 radical (unpaired) electrons. The zero-order chi connectivity index (χ0) is 10.0. The van der Waals surface area contributed by atoms with Crippen molar-refractivity contribution in [2.24, 2.45) is 0 Å². The predicted octanol–water partition coefficient (Wildman–Crippen LogP) is 2.36. The van der Waals surface area contributed by atoms with Crippen LogP contribution in [0, 0.1) is 0 Å². The van der Waals surface area contributed by atoms with Gasteiger partial charge in [0.1, 0.15) is 0 Å². The highest BCUT2D eigenvalue weighted by Gasteiger charge is 2.34. The van der Waals surface area contributed by atoms with Crippen LogP contribution in [-0.4, -0.2) is 18.3 Å². The van der Waals surface area contributed by atoms with E-state index in [0.717, 1.165) is 22.2 Å². The van der Waals surface area contributed by atoms with E-state index in [-0.39, 0.29) is 12.1 Å². The van der Waals surface area contributed by atoms with Gasteiger partial charge in [0.2, 0.25) is 0 Å². The minimum absolute atomic E-state index is 0.157. The molecule has 0 aliphatic carbocycles. The fourth-order valence-electron chi connectivity index (χ4n) is 1.96. The molecule has 1 aliphatic heterocycles. The number of nitrogens with one attached hydrogen (secondary N) is 1. The van der Waals surface area contributed by atoms with Gasteiger partial charge in [-0.3, -0.25) is 0 Å². The zero-order valence-corrected chi connectivity index (χ0v) is 9.50. The summed E-state index contributed by atoms with van der Waals surface area (Å²) in [5.74, 6) is 0. The average molecular weight is 232 g/mol. The van der Waals surface area contributed by atoms with Crippen molar-refractivity contribution in [1.82, 2.24) is 5.32 Å². The van der Waals surface area contributed by atoms with E-state index in [4.69, 9.17) is 11.6 Å². The van der Waals surface area contributed by atoms with Gasteiger partial charge in [-0.2, -0.15) is 0 Å². The molecule has 14 heavy (non-hydrogen) atoms. The molecule has 0 bridgehead atoms. The average Bonchev–Trinajstić information content (AvgIpc) is 2.66. The topological polar surface area (TPSA) is 32.3 Å². The molecule has 2 nitrogen and oxygen atoms in total. The molecule has 4 heteroatoms. The molecule has 1 fully saturated rings. The maximum atomic E-state index is 9.51. The van der Waals surface area contributed by atoms with Crippen molar-refractivity contribution in [2.45, 2.75) is 24.8 Å². The minimum atomic E-state index is -0.226. The second kappa shape index (κ2) is 4.19. The lowest BCUT2D eigenvalue weighted by Crippen LogP contribution is -2.48. The lowest BCUT2D eigenvalue weighted by molar-refractivity contribution is 0.134. The Balaban J connectivity index is 2.26. The third-order valence-corrected chi connectivity index (χ3v) is 4.24. The summed E-state index contributed by atoms with van der Waals surface area (Å²) in [7, 11) is 0. The summed E-state index contributed by atoms with van der Waals surface area (Å²) < 4.78 is 0.792. The minimum Gasteiger partial charge on any atom is -0.394 e. The van der Waals surface area contributed by atoms with Gasteiger partial charge in [-0.05, 0) is 37.9 Å². The van der Waals surface area contributed by atoms with Crippen molar-refractivity contribution in [2.75, 3.05) is 13.2 Å². The first-order valence-electron chi connectivity index (χ1n) is 4.88. The Morgan fingerprint density at radius 1 is 1.50 bits per heavy atom. The third-order valence-electron chi connectivity index (χ3n) is 2.81. The molecule has 0 spiro atoms. The number of hydrogen-bond donors (Lipinski definition) is 2. The molecule has 0 amide bonds. The van der Waals surface area contributed by atoms with Crippen molar-refractivity contribution in [1.29, 1.82) is 0 Å². The number of aliphatic hydroxyl groups excluding tert-OH is 1. The van der Waals surface area contributed by atoms with Gasteiger partial charge in [0, 0.05) is 4.88 Å². The maximum Gasteiger partial charge on any atom is 0.0931 e. The van der Waals surface area contributed by atoms with Gasteiger partial charge in [-0.1, -0.05) is 11.6 Å². The number of piperidine rings is 1. The Bertz CT molecular complexity index is 307. The van der Waals surface area contributed by atoms with E-state index in [1.54, 1.807) is 11.3 Å². The second-order valence-corrected chi connectivity index (χ2v) is 5.44. The van der Waals surface area contributed by atoms with E-state index in [2.05, 4.69) is 5.32 Å². The molecular formula is C10H14ClNOS. The molecule has 2 rings (SSSR count). The standard InChI is InChI=1S/C10H14ClNOS/c11-9-4-3-8(14-9)10(7-13)5-1-2-6-12-10/h3-4,12-13H,1-2,5-7H2. The molecule has 1 saturated heterocycles. The van der Waals surface area contributed by atoms with Crippen LogP contribution < -0.4 is 5.32 Å². The van der Waals surface area contributed by atoms with E-state index in [1.165, 1.54) is 12.8 Å². The number of hydrogen-bond acceptors (Lipinski definition) is 3. The van der Waals surface area contributed by atoms with Crippen LogP contribution in [0.5, 0.6) is 0 Å². The Morgan fingerprint density at radius 2 is 2.36 bits per heavy atom. The number of aliphatic hydroxyl groups is 1. The van der Waals surface area contributed by atoms with E-state index < -0.39 is 0 Å². The van der Waals surface area contributed by atoms with Gasteiger partial charge < -0.3 is 10.4 Å². The Morgan fingerprint density at radius 3 is 2.86 bits per heavy atom. The molecule has 1 unspecified atom stereocenters. The van der Waals surface area contributed by atoms with Gasteiger partial charge in [0.15, 0.2) is 0 Å². The Kier molecular flexibility index (Phi) is 3.12. The molecule has 0 saturated carbocycles. The highest BCUT2D eigenvalue weighted by atomic mass is 35.5. The van der Waals surface area contributed by atoms with Crippen LogP contribution in [0.3, 0.4) is 0 Å². The van der Waals surface area contributed by atoms with E-state index in [1.807, 2.05) is 12.1 Å². The van der Waals surface area contributed by atoms with Crippen LogP contribution in [0.2, 0.25) is 4.34 Å². The van der Waals surface area contributed by atoms with Crippen LogP contribution in [-0.2, 0) is 5.54 Å². The van der Waals surface area contributed by atoms with Crippen LogP contribution >= 0.6 is 22.9 Å². The highest BCUT2D eigenvalue weighted by molar-refractivity contribution is 7.16. The lowest BCUT2D eigenvalue weighted by atomic mass is 9.88. The monoisotopic (exact) mass is 231 g/mol. The summed E-state index contributed by atoms with van der Waals surface area (Å²) in [4.78, 5) is 1.16. The molecule has 1 atom stereocenters. The van der Waals surface area contributed by atoms with Gasteiger partial charge in [-0.25, -0.2) is 0 Å². The molecule has 0 aromatic carbocycles. The van der Waals surface area contributed by atoms with Crippen LogP contribution in [0.4, 0.5) is 0 Å². The largest absolute Gasteiger partial charge is 0.394 e. The van der Waals surface area contributed by atoms with Crippen molar-refractivity contribution >= 4 is 22.9 Å². The molecule has 2 heterocycles. The van der Waals surface area contributed by atoms with Crippen molar-refractivity contribution in [3.8, 4) is 0 Å². The zero-order valence-electron chi connectivity index (χ0n) is 7.92. The maximum absolute atomic E-state index is 9.51. The van der Waals surface area contributed by atoms with Gasteiger partial charge in [-0.15, -0.1) is 11.3 Å². The molecule has 1 aromatic rings. The summed E-state index contributed by atoms with van der Waals surface area (Å²) in [6, 6.07) is 3.91. The lowest BCUT2D eigenvalue weighted by Gasteiger charge is -2.36. The van der Waals surface area contributed by atoms with E-state index in [0.29, 0.717) is 0 Å². The Labute approximate surface area is 92.9 Å². The van der Waals surface area contributed by atoms with Gasteiger partial charge in [0.25, 0.3) is 0 Å². The first-order chi connectivity index (χ1) is 6.77. The molecule has 78 valence electrons. The van der Waals surface area contributed by atoms with Crippen LogP contribution in [0.1, 0.15) is 24.1 Å². The second-order valence-electron chi connectivity index (χ2n) is 3.73. The summed E-state index contributed by atoms with van der Waals surface area (Å²) in [6.07, 6.45) is 3.37. The molecule has 1 aromatic heterocycles. The van der Waals surface area contributed by atoms with Crippen molar-refractivity contribution in [3.05, 3.63) is 21.3 Å². The summed E-state index contributed by atoms with van der Waals surface area (Å²) >= 11 is 7.47. The fourth-order valence-corrected chi connectivity index (χ4v) is 3.19. The van der Waals surface area contributed by atoms with Crippen LogP contribution in [0.15, 0.2) is 12.1 Å². The molecule has 2 N–H and O–H groups in total. The molecular weight excluding hydrogens is 218 g/mol. The normalized spacial score (nSPS) is 27.9. The van der Waals surface area contributed by atoms with Crippen molar-refractivity contribution in [3.63, 3.8) is 0 Å². The SMILES string of the molecule is OCC1(c2ccc(Cl)s2)CCCCN1. The number of thiophene rings is 1. The number of halogens is 1. The first-order valence-corrected chi connectivity index (χ1v) is 6.08. The van der Waals surface area contributed by atoms with Crippen molar-refractivity contribution < 1.29 is 5.11 Å². The Hall–Kier alpha value is -0.0900. The summed E-state index contributed by atoms with van der Waals surface area (Å²) in [6.45, 7) is 1.14. The highest BCUT2D eigenvalue weighted by Crippen LogP contribution is 2.36. The molecule has 1 aliphatic rings. The number of rotatable bonds is 2. The smallest absolute Gasteiger partial charge is 0.0931 e. The summed E-state index contributed by atoms with van der Waals surface area (Å²) in [5, 5.41) is 12.9. The van der Waals surface area contributed by atoms with E-state index in [9.17, 15) is 5.11 Å².